The van der Waals surface area contributed by atoms with Gasteiger partial charge in [-0.25, -0.2) is 9.59 Å². The lowest BCUT2D eigenvalue weighted by Crippen LogP contribution is -2.45. The topological polar surface area (TPSA) is 116 Å². The summed E-state index contributed by atoms with van der Waals surface area (Å²) in [5.74, 6) is -3.53. The largest absolute Gasteiger partial charge is 0.464 e. The van der Waals surface area contributed by atoms with Gasteiger partial charge in [-0.1, -0.05) is 25.6 Å². The maximum absolute atomic E-state index is 11.8. The van der Waals surface area contributed by atoms with Gasteiger partial charge in [-0.3, -0.25) is 14.4 Å². The second-order valence-corrected chi connectivity index (χ2v) is 5.82. The first-order valence-corrected chi connectivity index (χ1v) is 7.95. The molecule has 0 aromatic rings. The fourth-order valence-electron chi connectivity index (χ4n) is 1.29. The van der Waals surface area contributed by atoms with Gasteiger partial charge in [0.25, 0.3) is 0 Å². The summed E-state index contributed by atoms with van der Waals surface area (Å²) in [7, 11) is 1.04. The summed E-state index contributed by atoms with van der Waals surface area (Å²) in [6.45, 7) is 5.06. The van der Waals surface area contributed by atoms with E-state index in [2.05, 4.69) is 10.1 Å². The summed E-state index contributed by atoms with van der Waals surface area (Å²) in [4.78, 5) is 57.3. The van der Waals surface area contributed by atoms with Crippen LogP contribution in [0.15, 0.2) is 0 Å². The lowest BCUT2D eigenvalue weighted by molar-refractivity contribution is -0.152. The summed E-state index contributed by atoms with van der Waals surface area (Å²) in [5, 5.41) is 1.88. The molecule has 0 aromatic carbocycles. The first kappa shape index (κ1) is 21.1. The zero-order valence-electron chi connectivity index (χ0n) is 13.5. The molecule has 0 spiro atoms. The van der Waals surface area contributed by atoms with E-state index in [-0.39, 0.29) is 24.2 Å². The zero-order chi connectivity index (χ0) is 18.0. The van der Waals surface area contributed by atoms with Crippen molar-refractivity contribution in [3.05, 3.63) is 0 Å². The highest BCUT2D eigenvalue weighted by atomic mass is 32.2. The third-order valence-corrected chi connectivity index (χ3v) is 3.51. The molecule has 0 bridgehead atoms. The molecule has 0 heterocycles. The smallest absolute Gasteiger partial charge is 0.374 e. The van der Waals surface area contributed by atoms with Crippen LogP contribution in [0.4, 0.5) is 0 Å². The van der Waals surface area contributed by atoms with Gasteiger partial charge in [0.1, 0.15) is 6.04 Å². The molecule has 1 amide bonds. The monoisotopic (exact) mass is 347 g/mol. The quantitative estimate of drug-likeness (QED) is 0.354. The van der Waals surface area contributed by atoms with Gasteiger partial charge in [-0.05, 0) is 6.92 Å². The molecule has 0 rings (SSSR count). The van der Waals surface area contributed by atoms with E-state index < -0.39 is 35.3 Å². The molecule has 130 valence electrons. The molecule has 1 unspecified atom stereocenters. The summed E-state index contributed by atoms with van der Waals surface area (Å²) in [6, 6.07) is -1.01. The fourth-order valence-corrected chi connectivity index (χ4v) is 2.10. The number of hydrogen-bond acceptors (Lipinski definition) is 8. The number of nitrogens with one attached hydrogen (secondary N) is 1. The third-order valence-electron chi connectivity index (χ3n) is 2.54. The SMILES string of the molecule is CCOC(=O)C(CSC(=O)CC(=O)C(=O)OC)NC(=O)C(C)C. The Morgan fingerprint density at radius 2 is 1.74 bits per heavy atom. The molecular formula is C14H21NO7S. The van der Waals surface area contributed by atoms with Crippen molar-refractivity contribution in [3.8, 4) is 0 Å². The van der Waals surface area contributed by atoms with Crippen molar-refractivity contribution < 1.29 is 33.4 Å². The van der Waals surface area contributed by atoms with Gasteiger partial charge >= 0.3 is 11.9 Å². The maximum atomic E-state index is 11.8. The number of thioether (sulfide) groups is 1. The second kappa shape index (κ2) is 10.8. The zero-order valence-corrected chi connectivity index (χ0v) is 14.4. The fraction of sp³-hybridized carbons (Fsp3) is 0.643. The van der Waals surface area contributed by atoms with Crippen LogP contribution in [0, 0.1) is 5.92 Å². The molecule has 0 aliphatic rings. The van der Waals surface area contributed by atoms with Gasteiger partial charge in [-0.15, -0.1) is 0 Å². The maximum Gasteiger partial charge on any atom is 0.374 e. The van der Waals surface area contributed by atoms with Crippen LogP contribution in [0.25, 0.3) is 0 Å². The molecule has 0 aliphatic carbocycles. The highest BCUT2D eigenvalue weighted by molar-refractivity contribution is 8.13. The lowest BCUT2D eigenvalue weighted by atomic mass is 10.2. The molecule has 23 heavy (non-hydrogen) atoms. The van der Waals surface area contributed by atoms with Crippen LogP contribution >= 0.6 is 11.8 Å². The number of amides is 1. The van der Waals surface area contributed by atoms with Crippen LogP contribution in [0.5, 0.6) is 0 Å². The van der Waals surface area contributed by atoms with Crippen molar-refractivity contribution in [1.29, 1.82) is 0 Å². The number of Topliss-reactive ketones (excluding diaryl/α,β-unsaturated/α-hetero) is 1. The summed E-state index contributed by atoms with van der Waals surface area (Å²) < 4.78 is 9.04. The molecule has 0 fully saturated rings. The number of methoxy groups -OCH3 is 1. The number of ether oxygens (including phenoxy) is 2. The minimum atomic E-state index is -1.10. The van der Waals surface area contributed by atoms with E-state index in [4.69, 9.17) is 4.74 Å². The Morgan fingerprint density at radius 3 is 2.22 bits per heavy atom. The van der Waals surface area contributed by atoms with Gasteiger partial charge < -0.3 is 14.8 Å². The summed E-state index contributed by atoms with van der Waals surface area (Å²) in [6.07, 6.45) is -0.634. The molecule has 0 aliphatic heterocycles. The minimum Gasteiger partial charge on any atom is -0.464 e. The number of rotatable bonds is 9. The van der Waals surface area contributed by atoms with E-state index in [1.807, 2.05) is 0 Å². The van der Waals surface area contributed by atoms with Crippen LogP contribution < -0.4 is 5.32 Å². The number of ketones is 1. The molecule has 0 radical (unpaired) electrons. The molecule has 1 N–H and O–H groups in total. The van der Waals surface area contributed by atoms with E-state index in [1.54, 1.807) is 20.8 Å². The predicted octanol–water partition coefficient (Wildman–Crippen LogP) is 0.0823. The molecule has 0 saturated carbocycles. The second-order valence-electron chi connectivity index (χ2n) is 4.74. The minimum absolute atomic E-state index is 0.0927. The van der Waals surface area contributed by atoms with E-state index in [0.29, 0.717) is 11.8 Å². The molecule has 0 aromatic heterocycles. The average Bonchev–Trinajstić information content (AvgIpc) is 2.49. The number of esters is 2. The van der Waals surface area contributed by atoms with Crippen LogP contribution in [-0.4, -0.2) is 54.3 Å². The third kappa shape index (κ3) is 8.34. The van der Waals surface area contributed by atoms with E-state index in [1.165, 1.54) is 0 Å². The van der Waals surface area contributed by atoms with Crippen LogP contribution in [0.1, 0.15) is 27.2 Å². The van der Waals surface area contributed by atoms with Crippen molar-refractivity contribution in [2.75, 3.05) is 19.5 Å². The Bertz CT molecular complexity index is 476. The Kier molecular flexibility index (Phi) is 9.87. The molecular weight excluding hydrogens is 326 g/mol. The van der Waals surface area contributed by atoms with E-state index >= 15 is 0 Å². The van der Waals surface area contributed by atoms with Gasteiger partial charge in [0.15, 0.2) is 5.12 Å². The Hall–Kier alpha value is -1.90. The van der Waals surface area contributed by atoms with E-state index in [0.717, 1.165) is 7.11 Å². The van der Waals surface area contributed by atoms with Gasteiger partial charge in [-0.2, -0.15) is 0 Å². The number of hydrogen-bond donors (Lipinski definition) is 1. The van der Waals surface area contributed by atoms with Crippen LogP contribution in [0.3, 0.4) is 0 Å². The first-order chi connectivity index (χ1) is 10.7. The van der Waals surface area contributed by atoms with Crippen molar-refractivity contribution in [2.24, 2.45) is 5.92 Å². The summed E-state index contributed by atoms with van der Waals surface area (Å²) >= 11 is 0.666. The number of carbonyl (C=O) groups is 5. The number of carbonyl (C=O) groups excluding carboxylic acids is 5. The van der Waals surface area contributed by atoms with Crippen molar-refractivity contribution in [2.45, 2.75) is 33.2 Å². The predicted molar refractivity (Wildman–Crippen MR) is 82.5 cm³/mol. The first-order valence-electron chi connectivity index (χ1n) is 6.96. The van der Waals surface area contributed by atoms with Crippen molar-refractivity contribution in [1.82, 2.24) is 5.32 Å². The van der Waals surface area contributed by atoms with Gasteiger partial charge in [0.05, 0.1) is 20.1 Å². The Labute approximate surface area is 138 Å². The van der Waals surface area contributed by atoms with Crippen molar-refractivity contribution >= 4 is 40.5 Å². The Morgan fingerprint density at radius 1 is 1.13 bits per heavy atom. The van der Waals surface area contributed by atoms with Gasteiger partial charge in [0, 0.05) is 11.7 Å². The average molecular weight is 347 g/mol. The van der Waals surface area contributed by atoms with Crippen LogP contribution in [0.2, 0.25) is 0 Å². The van der Waals surface area contributed by atoms with Gasteiger partial charge in [0.2, 0.25) is 11.7 Å². The van der Waals surface area contributed by atoms with E-state index in [9.17, 15) is 24.0 Å². The molecule has 1 atom stereocenters. The van der Waals surface area contributed by atoms with Crippen LogP contribution in [-0.2, 0) is 33.4 Å². The molecule has 9 heteroatoms. The van der Waals surface area contributed by atoms with Crippen molar-refractivity contribution in [3.63, 3.8) is 0 Å². The normalized spacial score (nSPS) is 11.5. The standard InChI is InChI=1S/C14H21NO7S/c1-5-22-13(19)9(15-12(18)8(2)3)7-23-11(17)6-10(16)14(20)21-4/h8-9H,5-7H2,1-4H3,(H,15,18). The molecule has 8 nitrogen and oxygen atoms in total. The molecule has 0 saturated heterocycles. The highest BCUT2D eigenvalue weighted by Gasteiger charge is 2.26. The lowest BCUT2D eigenvalue weighted by Gasteiger charge is -2.17. The highest BCUT2D eigenvalue weighted by Crippen LogP contribution is 2.10. The Balaban J connectivity index is 4.62. The summed E-state index contributed by atoms with van der Waals surface area (Å²) in [5.41, 5.74) is 0.